The summed E-state index contributed by atoms with van der Waals surface area (Å²) < 4.78 is 0. The van der Waals surface area contributed by atoms with E-state index in [1.165, 1.54) is 24.0 Å². The van der Waals surface area contributed by atoms with Crippen LogP contribution < -0.4 is 10.2 Å². The van der Waals surface area contributed by atoms with Crippen molar-refractivity contribution in [3.63, 3.8) is 0 Å². The van der Waals surface area contributed by atoms with E-state index in [2.05, 4.69) is 80.7 Å². The molecule has 0 saturated heterocycles. The summed E-state index contributed by atoms with van der Waals surface area (Å²) in [7, 11) is 0. The molecular weight excluding hydrogens is 392 g/mol. The number of para-hydroxylation sites is 2. The standard InChI is InChI=1S/C29H34N2O/c1-4-6-12-22-17-19-23(20-18-22)29(32)31-26(5-2)21(3)28(25-15-10-11-16-27(25)31)30-24-13-8-7-9-14-24/h7-11,13-21,26,28,30H,4-6,12H2,1-3H3/t21-,26-,28+/m1/s1. The molecule has 0 aromatic heterocycles. The van der Waals surface area contributed by atoms with Gasteiger partial charge in [0.2, 0.25) is 0 Å². The van der Waals surface area contributed by atoms with Gasteiger partial charge in [0, 0.05) is 28.9 Å². The monoisotopic (exact) mass is 426 g/mol. The predicted molar refractivity (Wildman–Crippen MR) is 134 cm³/mol. The lowest BCUT2D eigenvalue weighted by Crippen LogP contribution is -2.50. The normalized spacial score (nSPS) is 20.0. The molecule has 3 nitrogen and oxygen atoms in total. The number of benzene rings is 3. The number of nitrogens with zero attached hydrogens (tertiary/aromatic N) is 1. The van der Waals surface area contributed by atoms with Crippen molar-refractivity contribution in [1.82, 2.24) is 0 Å². The van der Waals surface area contributed by atoms with E-state index in [0.717, 1.165) is 29.8 Å². The van der Waals surface area contributed by atoms with Crippen LogP contribution in [0.1, 0.15) is 67.6 Å². The molecule has 0 fully saturated rings. The summed E-state index contributed by atoms with van der Waals surface area (Å²) in [5.74, 6) is 0.360. The van der Waals surface area contributed by atoms with E-state index in [-0.39, 0.29) is 23.9 Å². The third-order valence-electron chi connectivity index (χ3n) is 6.75. The molecule has 4 rings (SSSR count). The molecule has 1 amide bonds. The minimum atomic E-state index is 0.0938. The highest BCUT2D eigenvalue weighted by atomic mass is 16.2. The minimum absolute atomic E-state index is 0.0938. The van der Waals surface area contributed by atoms with Crippen molar-refractivity contribution in [2.75, 3.05) is 10.2 Å². The minimum Gasteiger partial charge on any atom is -0.378 e. The van der Waals surface area contributed by atoms with Crippen LogP contribution in [0.15, 0.2) is 78.9 Å². The second-order valence-corrected chi connectivity index (χ2v) is 8.86. The molecule has 3 heteroatoms. The fourth-order valence-corrected chi connectivity index (χ4v) is 4.96. The molecule has 1 heterocycles. The first-order valence-corrected chi connectivity index (χ1v) is 12.0. The molecule has 3 aromatic carbocycles. The van der Waals surface area contributed by atoms with Gasteiger partial charge >= 0.3 is 0 Å². The van der Waals surface area contributed by atoms with Gasteiger partial charge in [-0.1, -0.05) is 75.7 Å². The highest BCUT2D eigenvalue weighted by molar-refractivity contribution is 6.07. The fourth-order valence-electron chi connectivity index (χ4n) is 4.96. The van der Waals surface area contributed by atoms with Crippen LogP contribution in [-0.2, 0) is 6.42 Å². The molecule has 1 N–H and O–H groups in total. The SMILES string of the molecule is CCCCc1ccc(C(=O)N2c3ccccc3[C@@H](Nc3ccccc3)[C@H](C)[C@H]2CC)cc1. The van der Waals surface area contributed by atoms with Crippen molar-refractivity contribution in [2.45, 2.75) is 58.5 Å². The number of hydrogen-bond donors (Lipinski definition) is 1. The van der Waals surface area contributed by atoms with Crippen molar-refractivity contribution in [1.29, 1.82) is 0 Å². The topological polar surface area (TPSA) is 32.3 Å². The van der Waals surface area contributed by atoms with E-state index >= 15 is 0 Å². The molecule has 0 unspecified atom stereocenters. The molecule has 0 bridgehead atoms. The van der Waals surface area contributed by atoms with Gasteiger partial charge in [0.15, 0.2) is 0 Å². The Labute approximate surface area is 192 Å². The van der Waals surface area contributed by atoms with Crippen LogP contribution in [-0.4, -0.2) is 11.9 Å². The number of rotatable bonds is 7. The van der Waals surface area contributed by atoms with Gasteiger partial charge in [-0.2, -0.15) is 0 Å². The molecule has 166 valence electrons. The van der Waals surface area contributed by atoms with Gasteiger partial charge in [-0.3, -0.25) is 4.79 Å². The molecule has 1 aliphatic rings. The number of fused-ring (bicyclic) bond motifs is 1. The van der Waals surface area contributed by atoms with Crippen LogP contribution in [0.5, 0.6) is 0 Å². The van der Waals surface area contributed by atoms with Gasteiger partial charge in [0.1, 0.15) is 0 Å². The van der Waals surface area contributed by atoms with Gasteiger partial charge < -0.3 is 10.2 Å². The zero-order valence-corrected chi connectivity index (χ0v) is 19.4. The Balaban J connectivity index is 1.68. The van der Waals surface area contributed by atoms with Crippen LogP contribution in [0.25, 0.3) is 0 Å². The Morgan fingerprint density at radius 3 is 2.28 bits per heavy atom. The van der Waals surface area contributed by atoms with Crippen LogP contribution >= 0.6 is 0 Å². The Morgan fingerprint density at radius 1 is 0.906 bits per heavy atom. The van der Waals surface area contributed by atoms with Crippen molar-refractivity contribution in [2.24, 2.45) is 5.92 Å². The molecular formula is C29H34N2O. The lowest BCUT2D eigenvalue weighted by Gasteiger charge is -2.45. The third kappa shape index (κ3) is 4.43. The number of hydrogen-bond acceptors (Lipinski definition) is 2. The predicted octanol–water partition coefficient (Wildman–Crippen LogP) is 7.26. The molecule has 0 radical (unpaired) electrons. The summed E-state index contributed by atoms with van der Waals surface area (Å²) >= 11 is 0. The summed E-state index contributed by atoms with van der Waals surface area (Å²) in [6, 6.07) is 27.2. The number of anilines is 2. The largest absolute Gasteiger partial charge is 0.378 e. The number of amides is 1. The smallest absolute Gasteiger partial charge is 0.258 e. The van der Waals surface area contributed by atoms with Crippen LogP contribution in [0.2, 0.25) is 0 Å². The lowest BCUT2D eigenvalue weighted by molar-refractivity contribution is 0.0960. The van der Waals surface area contributed by atoms with E-state index in [1.54, 1.807) is 0 Å². The quantitative estimate of drug-likeness (QED) is 0.431. The van der Waals surface area contributed by atoms with Gasteiger partial charge in [-0.15, -0.1) is 0 Å². The van der Waals surface area contributed by atoms with E-state index in [1.807, 2.05) is 29.2 Å². The fraction of sp³-hybridized carbons (Fsp3) is 0.345. The van der Waals surface area contributed by atoms with Gasteiger partial charge in [-0.05, 0) is 60.7 Å². The third-order valence-corrected chi connectivity index (χ3v) is 6.75. The molecule has 0 saturated carbocycles. The van der Waals surface area contributed by atoms with Crippen molar-refractivity contribution in [3.8, 4) is 0 Å². The van der Waals surface area contributed by atoms with Crippen molar-refractivity contribution < 1.29 is 4.79 Å². The first-order valence-electron chi connectivity index (χ1n) is 12.0. The first-order chi connectivity index (χ1) is 15.6. The van der Waals surface area contributed by atoms with E-state index in [9.17, 15) is 4.79 Å². The Morgan fingerprint density at radius 2 is 1.59 bits per heavy atom. The summed E-state index contributed by atoms with van der Waals surface area (Å²) in [6.07, 6.45) is 4.33. The Kier molecular flexibility index (Phi) is 6.94. The van der Waals surface area contributed by atoms with Crippen LogP contribution in [0.3, 0.4) is 0 Å². The summed E-state index contributed by atoms with van der Waals surface area (Å²) in [5, 5.41) is 3.74. The summed E-state index contributed by atoms with van der Waals surface area (Å²) in [4.78, 5) is 15.8. The maximum Gasteiger partial charge on any atom is 0.258 e. The molecule has 0 aliphatic carbocycles. The Hall–Kier alpha value is -3.07. The highest BCUT2D eigenvalue weighted by Gasteiger charge is 2.40. The van der Waals surface area contributed by atoms with Crippen LogP contribution in [0.4, 0.5) is 11.4 Å². The number of nitrogens with one attached hydrogen (secondary N) is 1. The first kappa shape index (κ1) is 22.1. The van der Waals surface area contributed by atoms with Crippen molar-refractivity contribution >= 4 is 17.3 Å². The van der Waals surface area contributed by atoms with Crippen LogP contribution in [0, 0.1) is 5.92 Å². The molecule has 1 aliphatic heterocycles. The van der Waals surface area contributed by atoms with Crippen molar-refractivity contribution in [3.05, 3.63) is 95.6 Å². The van der Waals surface area contributed by atoms with E-state index in [4.69, 9.17) is 0 Å². The number of aryl methyl sites for hydroxylation is 1. The number of unbranched alkanes of at least 4 members (excludes halogenated alkanes) is 1. The number of carbonyl (C=O) groups is 1. The second-order valence-electron chi connectivity index (χ2n) is 8.86. The number of carbonyl (C=O) groups excluding carboxylic acids is 1. The molecule has 32 heavy (non-hydrogen) atoms. The highest BCUT2D eigenvalue weighted by Crippen LogP contribution is 2.43. The zero-order chi connectivity index (χ0) is 22.5. The average molecular weight is 427 g/mol. The maximum absolute atomic E-state index is 13.8. The van der Waals surface area contributed by atoms with Gasteiger partial charge in [-0.25, -0.2) is 0 Å². The second kappa shape index (κ2) is 10.0. The lowest BCUT2D eigenvalue weighted by atomic mass is 9.80. The average Bonchev–Trinajstić information content (AvgIpc) is 2.84. The van der Waals surface area contributed by atoms with E-state index in [0.29, 0.717) is 0 Å². The molecule has 3 aromatic rings. The van der Waals surface area contributed by atoms with Gasteiger partial charge in [0.05, 0.1) is 6.04 Å². The molecule has 0 spiro atoms. The Bertz CT molecular complexity index is 1030. The summed E-state index contributed by atoms with van der Waals surface area (Å²) in [6.45, 7) is 6.65. The summed E-state index contributed by atoms with van der Waals surface area (Å²) in [5.41, 5.74) is 5.37. The zero-order valence-electron chi connectivity index (χ0n) is 19.4. The van der Waals surface area contributed by atoms with E-state index < -0.39 is 0 Å². The molecule has 3 atom stereocenters. The van der Waals surface area contributed by atoms with Gasteiger partial charge in [0.25, 0.3) is 5.91 Å². The maximum atomic E-state index is 13.8.